The Morgan fingerprint density at radius 2 is 1.88 bits per heavy atom. The fourth-order valence-electron chi connectivity index (χ4n) is 2.55. The molecule has 0 fully saturated rings. The van der Waals surface area contributed by atoms with Gasteiger partial charge in [0.1, 0.15) is 5.60 Å². The molecular formula is C18H18ClN3O3. The van der Waals surface area contributed by atoms with Crippen LogP contribution in [0.25, 0.3) is 22.2 Å². The van der Waals surface area contributed by atoms with Crippen LogP contribution in [0.15, 0.2) is 36.4 Å². The first-order valence-corrected chi connectivity index (χ1v) is 8.09. The minimum Gasteiger partial charge on any atom is -0.479 e. The first kappa shape index (κ1) is 17.2. The summed E-state index contributed by atoms with van der Waals surface area (Å²) in [5, 5.41) is 8.83. The van der Waals surface area contributed by atoms with E-state index in [1.165, 1.54) is 11.7 Å². The molecule has 0 aliphatic rings. The highest BCUT2D eigenvalue weighted by molar-refractivity contribution is 6.29. The van der Waals surface area contributed by atoms with E-state index in [-0.39, 0.29) is 11.0 Å². The van der Waals surface area contributed by atoms with Gasteiger partial charge in [0.05, 0.1) is 23.9 Å². The highest BCUT2D eigenvalue weighted by atomic mass is 35.5. The van der Waals surface area contributed by atoms with Crippen molar-refractivity contribution in [2.75, 3.05) is 7.11 Å². The monoisotopic (exact) mass is 359 g/mol. The van der Waals surface area contributed by atoms with Gasteiger partial charge < -0.3 is 9.47 Å². The summed E-state index contributed by atoms with van der Waals surface area (Å²) in [6.07, 6.45) is -0.487. The van der Waals surface area contributed by atoms with Crippen molar-refractivity contribution < 1.29 is 14.3 Å². The Morgan fingerprint density at radius 3 is 2.56 bits per heavy atom. The van der Waals surface area contributed by atoms with Crippen LogP contribution in [0.1, 0.15) is 20.8 Å². The highest BCUT2D eigenvalue weighted by Gasteiger charge is 2.24. The van der Waals surface area contributed by atoms with Gasteiger partial charge in [0, 0.05) is 5.39 Å². The second-order valence-corrected chi connectivity index (χ2v) is 6.88. The molecule has 0 radical (unpaired) electrons. The van der Waals surface area contributed by atoms with Gasteiger partial charge in [-0.15, -0.1) is 10.2 Å². The molecule has 0 atom stereocenters. The molecule has 2 aromatic heterocycles. The maximum Gasteiger partial charge on any atom is 0.419 e. The zero-order valence-electron chi connectivity index (χ0n) is 14.4. The van der Waals surface area contributed by atoms with Gasteiger partial charge in [-0.05, 0) is 39.0 Å². The van der Waals surface area contributed by atoms with E-state index in [0.717, 1.165) is 10.9 Å². The van der Waals surface area contributed by atoms with Crippen LogP contribution in [0.2, 0.25) is 5.15 Å². The van der Waals surface area contributed by atoms with Gasteiger partial charge in [-0.3, -0.25) is 0 Å². The number of aromatic nitrogens is 3. The molecule has 0 unspecified atom stereocenters. The standard InChI is InChI=1S/C18H18ClN3O3/c1-18(2,3)25-17(23)22-13-8-6-5-7-11(13)9-14(22)12-10-15(19)20-21-16(12)24-4/h5-10H,1-4H3. The molecule has 0 amide bonds. The predicted octanol–water partition coefficient (Wildman–Crippen LogP) is 4.54. The van der Waals surface area contributed by atoms with Gasteiger partial charge in [0.25, 0.3) is 0 Å². The van der Waals surface area contributed by atoms with Crippen LogP contribution in [0.3, 0.4) is 0 Å². The van der Waals surface area contributed by atoms with E-state index >= 15 is 0 Å². The third kappa shape index (κ3) is 3.44. The number of para-hydroxylation sites is 1. The SMILES string of the molecule is COc1nnc(Cl)cc1-c1cc2ccccc2n1C(=O)OC(C)(C)C. The van der Waals surface area contributed by atoms with Crippen LogP contribution in [-0.2, 0) is 4.74 Å². The van der Waals surface area contributed by atoms with E-state index in [0.29, 0.717) is 11.3 Å². The number of hydrogen-bond acceptors (Lipinski definition) is 5. The Morgan fingerprint density at radius 1 is 1.16 bits per heavy atom. The number of fused-ring (bicyclic) bond motifs is 1. The number of rotatable bonds is 2. The fourth-order valence-corrected chi connectivity index (χ4v) is 2.70. The molecular weight excluding hydrogens is 342 g/mol. The molecule has 0 bridgehead atoms. The van der Waals surface area contributed by atoms with Crippen LogP contribution in [0.4, 0.5) is 4.79 Å². The van der Waals surface area contributed by atoms with Gasteiger partial charge in [-0.1, -0.05) is 29.8 Å². The minimum absolute atomic E-state index is 0.205. The van der Waals surface area contributed by atoms with Crippen molar-refractivity contribution in [2.24, 2.45) is 0 Å². The minimum atomic E-state index is -0.627. The summed E-state index contributed by atoms with van der Waals surface area (Å²) >= 11 is 6.01. The summed E-state index contributed by atoms with van der Waals surface area (Å²) in [7, 11) is 1.49. The average Bonchev–Trinajstić information content (AvgIpc) is 2.92. The average molecular weight is 360 g/mol. The lowest BCUT2D eigenvalue weighted by Gasteiger charge is -2.21. The van der Waals surface area contributed by atoms with E-state index in [9.17, 15) is 4.79 Å². The molecule has 3 rings (SSSR count). The second kappa shape index (κ2) is 6.37. The number of ether oxygens (including phenoxy) is 2. The third-order valence-corrected chi connectivity index (χ3v) is 3.67. The van der Waals surface area contributed by atoms with Crippen molar-refractivity contribution in [2.45, 2.75) is 26.4 Å². The Hall–Kier alpha value is -2.60. The van der Waals surface area contributed by atoms with E-state index in [1.54, 1.807) is 6.07 Å². The quantitative estimate of drug-likeness (QED) is 0.671. The molecule has 0 aliphatic heterocycles. The lowest BCUT2D eigenvalue weighted by atomic mass is 10.2. The molecule has 6 nitrogen and oxygen atoms in total. The van der Waals surface area contributed by atoms with Crippen molar-refractivity contribution >= 4 is 28.6 Å². The fraction of sp³-hybridized carbons (Fsp3) is 0.278. The van der Waals surface area contributed by atoms with Crippen LogP contribution in [-0.4, -0.2) is 33.6 Å². The molecule has 7 heteroatoms. The Bertz CT molecular complexity index is 944. The van der Waals surface area contributed by atoms with E-state index in [1.807, 2.05) is 51.1 Å². The number of carbonyl (C=O) groups is 1. The first-order chi connectivity index (χ1) is 11.8. The summed E-state index contributed by atoms with van der Waals surface area (Å²) in [6, 6.07) is 11.0. The van der Waals surface area contributed by atoms with Gasteiger partial charge in [-0.2, -0.15) is 0 Å². The summed E-state index contributed by atoms with van der Waals surface area (Å²) in [5.41, 5.74) is 1.23. The maximum absolute atomic E-state index is 12.8. The van der Waals surface area contributed by atoms with Gasteiger partial charge >= 0.3 is 6.09 Å². The van der Waals surface area contributed by atoms with Crippen LogP contribution >= 0.6 is 11.6 Å². The normalized spacial score (nSPS) is 11.6. The van der Waals surface area contributed by atoms with Crippen molar-refractivity contribution in [1.82, 2.24) is 14.8 Å². The number of methoxy groups -OCH3 is 1. The number of nitrogens with zero attached hydrogens (tertiary/aromatic N) is 3. The Balaban J connectivity index is 2.27. The lowest BCUT2D eigenvalue weighted by molar-refractivity contribution is 0.0547. The van der Waals surface area contributed by atoms with Crippen molar-refractivity contribution in [3.8, 4) is 17.1 Å². The summed E-state index contributed by atoms with van der Waals surface area (Å²) in [6.45, 7) is 5.46. The van der Waals surface area contributed by atoms with Gasteiger partial charge in [-0.25, -0.2) is 9.36 Å². The molecule has 0 spiro atoms. The topological polar surface area (TPSA) is 66.2 Å². The largest absolute Gasteiger partial charge is 0.479 e. The van der Waals surface area contributed by atoms with Gasteiger partial charge in [0.15, 0.2) is 5.15 Å². The number of hydrogen-bond donors (Lipinski definition) is 0. The van der Waals surface area contributed by atoms with Gasteiger partial charge in [0.2, 0.25) is 5.88 Å². The van der Waals surface area contributed by atoms with Crippen molar-refractivity contribution in [3.63, 3.8) is 0 Å². The molecule has 3 aromatic rings. The molecule has 0 saturated heterocycles. The van der Waals surface area contributed by atoms with Crippen LogP contribution in [0, 0.1) is 0 Å². The molecule has 130 valence electrons. The summed E-state index contributed by atoms with van der Waals surface area (Å²) < 4.78 is 12.4. The molecule has 2 heterocycles. The Labute approximate surface area is 150 Å². The number of carbonyl (C=O) groups excluding carboxylic acids is 1. The van der Waals surface area contributed by atoms with E-state index < -0.39 is 11.7 Å². The second-order valence-electron chi connectivity index (χ2n) is 6.49. The van der Waals surface area contributed by atoms with Crippen molar-refractivity contribution in [3.05, 3.63) is 41.6 Å². The van der Waals surface area contributed by atoms with E-state index in [2.05, 4.69) is 10.2 Å². The first-order valence-electron chi connectivity index (χ1n) is 7.71. The molecule has 0 aliphatic carbocycles. The summed E-state index contributed by atoms with van der Waals surface area (Å²) in [5.74, 6) is 0.275. The predicted molar refractivity (Wildman–Crippen MR) is 96.2 cm³/mol. The van der Waals surface area contributed by atoms with Crippen molar-refractivity contribution in [1.29, 1.82) is 0 Å². The van der Waals surface area contributed by atoms with E-state index in [4.69, 9.17) is 21.1 Å². The molecule has 0 saturated carbocycles. The number of benzene rings is 1. The number of halogens is 1. The summed E-state index contributed by atoms with van der Waals surface area (Å²) in [4.78, 5) is 12.8. The molecule has 25 heavy (non-hydrogen) atoms. The van der Waals surface area contributed by atoms with Crippen LogP contribution in [0.5, 0.6) is 5.88 Å². The highest BCUT2D eigenvalue weighted by Crippen LogP contribution is 2.34. The third-order valence-electron chi connectivity index (χ3n) is 3.49. The smallest absolute Gasteiger partial charge is 0.419 e. The molecule has 1 aromatic carbocycles. The zero-order valence-corrected chi connectivity index (χ0v) is 15.2. The maximum atomic E-state index is 12.8. The lowest BCUT2D eigenvalue weighted by Crippen LogP contribution is -2.27. The Kier molecular flexibility index (Phi) is 4.39. The molecule has 0 N–H and O–H groups in total. The zero-order chi connectivity index (χ0) is 18.2. The van der Waals surface area contributed by atoms with Crippen LogP contribution < -0.4 is 4.74 Å².